The molecule has 3 N–H and O–H groups in total. The molecule has 5 heteroatoms. The highest BCUT2D eigenvalue weighted by molar-refractivity contribution is 5.85. The topological polar surface area (TPSA) is 75.4 Å². The molecule has 0 unspecified atom stereocenters. The first kappa shape index (κ1) is 15.0. The number of hydrogen-bond acceptors (Lipinski definition) is 3. The molecule has 0 fully saturated rings. The first-order chi connectivity index (χ1) is 9.06. The minimum Gasteiger partial charge on any atom is -0.399 e. The normalized spacial score (nSPS) is 10.0. The molecule has 104 valence electrons. The number of nitrogen functional groups attached to an aromatic ring is 1. The summed E-state index contributed by atoms with van der Waals surface area (Å²) in [5.74, 6) is -0.200. The molecule has 0 aliphatic rings. The van der Waals surface area contributed by atoms with Crippen molar-refractivity contribution in [3.63, 3.8) is 0 Å². The van der Waals surface area contributed by atoms with Crippen molar-refractivity contribution in [1.82, 2.24) is 10.2 Å². The van der Waals surface area contributed by atoms with E-state index in [-0.39, 0.29) is 24.8 Å². The maximum absolute atomic E-state index is 12.2. The van der Waals surface area contributed by atoms with E-state index in [1.54, 1.807) is 24.1 Å². The van der Waals surface area contributed by atoms with Crippen molar-refractivity contribution in [2.45, 2.75) is 19.8 Å². The predicted octanol–water partition coefficient (Wildman–Crippen LogP) is 0.796. The second-order valence-corrected chi connectivity index (χ2v) is 4.41. The number of rotatable bonds is 6. The highest BCUT2D eigenvalue weighted by atomic mass is 16.2. The van der Waals surface area contributed by atoms with Crippen molar-refractivity contribution in [3.8, 4) is 0 Å². The Bertz CT molecular complexity index is 429. The standard InChI is InChI=1S/C14H21N3O2/c1-3-8-17(10-13(18)16-2)14(19)9-11-4-6-12(15)7-5-11/h4-7H,3,8-10,15H2,1-2H3,(H,16,18). The van der Waals surface area contributed by atoms with E-state index in [4.69, 9.17) is 5.73 Å². The summed E-state index contributed by atoms with van der Waals surface area (Å²) in [4.78, 5) is 25.1. The number of amides is 2. The molecule has 0 heterocycles. The Morgan fingerprint density at radius 3 is 2.42 bits per heavy atom. The monoisotopic (exact) mass is 263 g/mol. The number of benzene rings is 1. The molecule has 0 atom stereocenters. The summed E-state index contributed by atoms with van der Waals surface area (Å²) in [6.07, 6.45) is 1.11. The molecule has 0 radical (unpaired) electrons. The van der Waals surface area contributed by atoms with Crippen molar-refractivity contribution < 1.29 is 9.59 Å². The van der Waals surface area contributed by atoms with Crippen molar-refractivity contribution in [2.75, 3.05) is 25.9 Å². The van der Waals surface area contributed by atoms with E-state index in [1.807, 2.05) is 19.1 Å². The number of carbonyl (C=O) groups is 2. The van der Waals surface area contributed by atoms with Gasteiger partial charge in [0, 0.05) is 19.3 Å². The lowest BCUT2D eigenvalue weighted by Crippen LogP contribution is -2.40. The van der Waals surface area contributed by atoms with Crippen molar-refractivity contribution >= 4 is 17.5 Å². The number of nitrogens with zero attached hydrogens (tertiary/aromatic N) is 1. The third kappa shape index (κ3) is 4.99. The molecule has 0 aliphatic carbocycles. The van der Waals surface area contributed by atoms with Gasteiger partial charge in [-0.3, -0.25) is 9.59 Å². The quantitative estimate of drug-likeness (QED) is 0.745. The molecule has 0 bridgehead atoms. The molecule has 0 aliphatic heterocycles. The molecule has 0 saturated heterocycles. The van der Waals surface area contributed by atoms with Crippen LogP contribution in [0.15, 0.2) is 24.3 Å². The summed E-state index contributed by atoms with van der Waals surface area (Å²) < 4.78 is 0. The van der Waals surface area contributed by atoms with Crippen molar-refractivity contribution in [2.24, 2.45) is 0 Å². The molecule has 0 aromatic heterocycles. The maximum Gasteiger partial charge on any atom is 0.239 e. The van der Waals surface area contributed by atoms with Gasteiger partial charge in [-0.05, 0) is 24.1 Å². The molecule has 1 rings (SSSR count). The maximum atomic E-state index is 12.2. The minimum absolute atomic E-state index is 0.0461. The molecule has 2 amide bonds. The van der Waals surface area contributed by atoms with E-state index < -0.39 is 0 Å². The van der Waals surface area contributed by atoms with E-state index in [2.05, 4.69) is 5.32 Å². The van der Waals surface area contributed by atoms with Gasteiger partial charge in [0.15, 0.2) is 0 Å². The summed E-state index contributed by atoms with van der Waals surface area (Å²) in [6, 6.07) is 7.20. The van der Waals surface area contributed by atoms with Crippen molar-refractivity contribution in [1.29, 1.82) is 0 Å². The van der Waals surface area contributed by atoms with Gasteiger partial charge in [-0.25, -0.2) is 0 Å². The van der Waals surface area contributed by atoms with Gasteiger partial charge >= 0.3 is 0 Å². The Morgan fingerprint density at radius 1 is 1.26 bits per heavy atom. The third-order valence-electron chi connectivity index (χ3n) is 2.79. The molecule has 1 aromatic rings. The van der Waals surface area contributed by atoms with Gasteiger partial charge in [-0.2, -0.15) is 0 Å². The van der Waals surface area contributed by atoms with Gasteiger partial charge in [0.05, 0.1) is 13.0 Å². The average molecular weight is 263 g/mol. The van der Waals surface area contributed by atoms with Crippen molar-refractivity contribution in [3.05, 3.63) is 29.8 Å². The molecular weight excluding hydrogens is 242 g/mol. The molecular formula is C14H21N3O2. The van der Waals surface area contributed by atoms with E-state index >= 15 is 0 Å². The molecule has 0 saturated carbocycles. The smallest absolute Gasteiger partial charge is 0.239 e. The SMILES string of the molecule is CCCN(CC(=O)NC)C(=O)Cc1ccc(N)cc1. The summed E-state index contributed by atoms with van der Waals surface area (Å²) in [6.45, 7) is 2.67. The van der Waals surface area contributed by atoms with Gasteiger partial charge in [0.25, 0.3) is 0 Å². The number of carbonyl (C=O) groups excluding carboxylic acids is 2. The second kappa shape index (κ2) is 7.41. The number of anilines is 1. The van der Waals surface area contributed by atoms with Crippen LogP contribution in [0.25, 0.3) is 0 Å². The fraction of sp³-hybridized carbons (Fsp3) is 0.429. The predicted molar refractivity (Wildman–Crippen MR) is 75.5 cm³/mol. The van der Waals surface area contributed by atoms with Crippen LogP contribution in [-0.4, -0.2) is 36.9 Å². The molecule has 5 nitrogen and oxygen atoms in total. The molecule has 1 aromatic carbocycles. The Morgan fingerprint density at radius 2 is 1.89 bits per heavy atom. The highest BCUT2D eigenvalue weighted by Gasteiger charge is 2.15. The number of nitrogens with two attached hydrogens (primary N) is 1. The van der Waals surface area contributed by atoms with E-state index in [1.165, 1.54) is 0 Å². The fourth-order valence-electron chi connectivity index (χ4n) is 1.74. The summed E-state index contributed by atoms with van der Waals surface area (Å²) in [5, 5.41) is 2.53. The molecule has 19 heavy (non-hydrogen) atoms. The van der Waals surface area contributed by atoms with Crippen LogP contribution in [0.5, 0.6) is 0 Å². The van der Waals surface area contributed by atoms with Crippen LogP contribution in [0, 0.1) is 0 Å². The van der Waals surface area contributed by atoms with Gasteiger partial charge in [0.1, 0.15) is 0 Å². The lowest BCUT2D eigenvalue weighted by atomic mass is 10.1. The van der Waals surface area contributed by atoms with E-state index in [0.29, 0.717) is 12.2 Å². The lowest BCUT2D eigenvalue weighted by Gasteiger charge is -2.21. The lowest BCUT2D eigenvalue weighted by molar-refractivity contribution is -0.135. The summed E-state index contributed by atoms with van der Waals surface area (Å²) in [7, 11) is 1.57. The largest absolute Gasteiger partial charge is 0.399 e. The Balaban J connectivity index is 2.65. The minimum atomic E-state index is -0.154. The Labute approximate surface area is 113 Å². The van der Waals surface area contributed by atoms with Crippen LogP contribution >= 0.6 is 0 Å². The zero-order valence-corrected chi connectivity index (χ0v) is 11.5. The van der Waals surface area contributed by atoms with E-state index in [0.717, 1.165) is 12.0 Å². The number of likely N-dealkylation sites (N-methyl/N-ethyl adjacent to an activating group) is 1. The van der Waals surface area contributed by atoms with Gasteiger partial charge in [-0.15, -0.1) is 0 Å². The summed E-state index contributed by atoms with van der Waals surface area (Å²) >= 11 is 0. The zero-order chi connectivity index (χ0) is 14.3. The van der Waals surface area contributed by atoms with Crippen LogP contribution in [0.4, 0.5) is 5.69 Å². The van der Waals surface area contributed by atoms with Crippen LogP contribution in [0.1, 0.15) is 18.9 Å². The van der Waals surface area contributed by atoms with Crippen LogP contribution in [0.2, 0.25) is 0 Å². The Kier molecular flexibility index (Phi) is 5.85. The van der Waals surface area contributed by atoms with Crippen LogP contribution in [0.3, 0.4) is 0 Å². The van der Waals surface area contributed by atoms with Gasteiger partial charge < -0.3 is 16.0 Å². The fourth-order valence-corrected chi connectivity index (χ4v) is 1.74. The first-order valence-electron chi connectivity index (χ1n) is 6.39. The first-order valence-corrected chi connectivity index (χ1v) is 6.39. The molecule has 0 spiro atoms. The number of nitrogens with one attached hydrogen (secondary N) is 1. The van der Waals surface area contributed by atoms with Gasteiger partial charge in [0.2, 0.25) is 11.8 Å². The second-order valence-electron chi connectivity index (χ2n) is 4.41. The third-order valence-corrected chi connectivity index (χ3v) is 2.79. The number of hydrogen-bond donors (Lipinski definition) is 2. The highest BCUT2D eigenvalue weighted by Crippen LogP contribution is 2.08. The van der Waals surface area contributed by atoms with Gasteiger partial charge in [-0.1, -0.05) is 19.1 Å². The average Bonchev–Trinajstić information content (AvgIpc) is 2.40. The Hall–Kier alpha value is -2.04. The van der Waals surface area contributed by atoms with Crippen LogP contribution in [-0.2, 0) is 16.0 Å². The summed E-state index contributed by atoms with van der Waals surface area (Å²) in [5.41, 5.74) is 7.17. The van der Waals surface area contributed by atoms with Crippen LogP contribution < -0.4 is 11.1 Å². The zero-order valence-electron chi connectivity index (χ0n) is 11.5. The van der Waals surface area contributed by atoms with E-state index in [9.17, 15) is 9.59 Å².